The fraction of sp³-hybridized carbons (Fsp3) is 0.588. The van der Waals surface area contributed by atoms with Gasteiger partial charge in [0.05, 0.1) is 5.60 Å². The third kappa shape index (κ3) is 3.68. The van der Waals surface area contributed by atoms with Crippen LogP contribution in [0.2, 0.25) is 0 Å². The van der Waals surface area contributed by atoms with Crippen LogP contribution in [0.1, 0.15) is 37.0 Å². The van der Waals surface area contributed by atoms with Gasteiger partial charge in [0.1, 0.15) is 0 Å². The normalized spacial score (nSPS) is 25.4. The number of ketones is 1. The number of nitrogens with zero attached hydrogens (tertiary/aromatic N) is 1. The molecule has 0 aliphatic carbocycles. The van der Waals surface area contributed by atoms with E-state index < -0.39 is 0 Å². The second kappa shape index (κ2) is 6.51. The molecule has 2 atom stereocenters. The SMILES string of the molecule is COC1(C)CCCN(CC(C)C(=O)c2ccccc2)C1. The number of hydrogen-bond acceptors (Lipinski definition) is 3. The molecule has 1 aromatic carbocycles. The Labute approximate surface area is 121 Å². The average molecular weight is 275 g/mol. The first-order valence-electron chi connectivity index (χ1n) is 7.41. The summed E-state index contributed by atoms with van der Waals surface area (Å²) in [5.41, 5.74) is 0.750. The van der Waals surface area contributed by atoms with Crippen LogP contribution in [0, 0.1) is 5.92 Å². The van der Waals surface area contributed by atoms with Crippen molar-refractivity contribution in [3.63, 3.8) is 0 Å². The highest BCUT2D eigenvalue weighted by Gasteiger charge is 2.31. The number of rotatable bonds is 5. The summed E-state index contributed by atoms with van der Waals surface area (Å²) in [5.74, 6) is 0.256. The van der Waals surface area contributed by atoms with Crippen LogP contribution in [0.3, 0.4) is 0 Å². The molecule has 2 rings (SSSR count). The topological polar surface area (TPSA) is 29.5 Å². The van der Waals surface area contributed by atoms with Crippen LogP contribution in [0.4, 0.5) is 0 Å². The highest BCUT2D eigenvalue weighted by atomic mass is 16.5. The summed E-state index contributed by atoms with van der Waals surface area (Å²) in [4.78, 5) is 14.8. The first kappa shape index (κ1) is 15.2. The van der Waals surface area contributed by atoms with Crippen molar-refractivity contribution in [2.45, 2.75) is 32.3 Å². The molecule has 1 saturated heterocycles. The zero-order valence-corrected chi connectivity index (χ0v) is 12.8. The summed E-state index contributed by atoms with van der Waals surface area (Å²) in [7, 11) is 1.78. The van der Waals surface area contributed by atoms with Gasteiger partial charge in [-0.1, -0.05) is 37.3 Å². The van der Waals surface area contributed by atoms with Crippen LogP contribution in [0.5, 0.6) is 0 Å². The molecule has 2 unspecified atom stereocenters. The number of likely N-dealkylation sites (tertiary alicyclic amines) is 1. The standard InChI is InChI=1S/C17H25NO2/c1-14(16(19)15-8-5-4-6-9-15)12-18-11-7-10-17(2,13-18)20-3/h4-6,8-9,14H,7,10-13H2,1-3H3. The van der Waals surface area contributed by atoms with Crippen molar-refractivity contribution in [3.05, 3.63) is 35.9 Å². The molecule has 0 saturated carbocycles. The third-order valence-corrected chi connectivity index (χ3v) is 4.27. The van der Waals surface area contributed by atoms with Gasteiger partial charge in [-0.2, -0.15) is 0 Å². The predicted octanol–water partition coefficient (Wildman–Crippen LogP) is 3.01. The minimum Gasteiger partial charge on any atom is -0.377 e. The fourth-order valence-corrected chi connectivity index (χ4v) is 2.99. The van der Waals surface area contributed by atoms with E-state index in [-0.39, 0.29) is 17.3 Å². The largest absolute Gasteiger partial charge is 0.377 e. The van der Waals surface area contributed by atoms with Crippen molar-refractivity contribution in [3.8, 4) is 0 Å². The molecule has 3 nitrogen and oxygen atoms in total. The van der Waals surface area contributed by atoms with E-state index in [0.29, 0.717) is 0 Å². The smallest absolute Gasteiger partial charge is 0.166 e. The highest BCUT2D eigenvalue weighted by Crippen LogP contribution is 2.24. The van der Waals surface area contributed by atoms with Gasteiger partial charge in [0.15, 0.2) is 5.78 Å². The lowest BCUT2D eigenvalue weighted by Crippen LogP contribution is -2.49. The number of Topliss-reactive ketones (excluding diaryl/α,β-unsaturated/α-hetero) is 1. The quantitative estimate of drug-likeness (QED) is 0.774. The second-order valence-corrected chi connectivity index (χ2v) is 6.12. The van der Waals surface area contributed by atoms with Crippen LogP contribution in [-0.2, 0) is 4.74 Å². The second-order valence-electron chi connectivity index (χ2n) is 6.12. The van der Waals surface area contributed by atoms with Gasteiger partial charge in [-0.05, 0) is 26.3 Å². The lowest BCUT2D eigenvalue weighted by molar-refractivity contribution is -0.0525. The lowest BCUT2D eigenvalue weighted by Gasteiger charge is -2.40. The number of benzene rings is 1. The monoisotopic (exact) mass is 275 g/mol. The molecule has 20 heavy (non-hydrogen) atoms. The number of methoxy groups -OCH3 is 1. The Morgan fingerprint density at radius 1 is 1.40 bits per heavy atom. The van der Waals surface area contributed by atoms with Crippen molar-refractivity contribution in [1.82, 2.24) is 4.90 Å². The van der Waals surface area contributed by atoms with Crippen LogP contribution in [0.15, 0.2) is 30.3 Å². The Morgan fingerprint density at radius 2 is 2.10 bits per heavy atom. The molecule has 0 spiro atoms. The van der Waals surface area contributed by atoms with Gasteiger partial charge in [-0.3, -0.25) is 9.69 Å². The molecule has 1 fully saturated rings. The summed E-state index contributed by atoms with van der Waals surface area (Å²) in [6, 6.07) is 9.57. The molecule has 1 heterocycles. The summed E-state index contributed by atoms with van der Waals surface area (Å²) in [6.07, 6.45) is 2.23. The van der Waals surface area contributed by atoms with Crippen molar-refractivity contribution in [1.29, 1.82) is 0 Å². The van der Waals surface area contributed by atoms with Crippen LogP contribution in [-0.4, -0.2) is 43.0 Å². The Morgan fingerprint density at radius 3 is 2.75 bits per heavy atom. The van der Waals surface area contributed by atoms with E-state index in [4.69, 9.17) is 4.74 Å². The minimum atomic E-state index is -0.0617. The first-order chi connectivity index (χ1) is 9.54. The average Bonchev–Trinajstić information content (AvgIpc) is 2.47. The van der Waals surface area contributed by atoms with Crippen molar-refractivity contribution >= 4 is 5.78 Å². The zero-order chi connectivity index (χ0) is 14.6. The number of carbonyl (C=O) groups excluding carboxylic acids is 1. The molecule has 1 aromatic rings. The van der Waals surface area contributed by atoms with Crippen LogP contribution >= 0.6 is 0 Å². The number of carbonyl (C=O) groups is 1. The molecule has 0 bridgehead atoms. The first-order valence-corrected chi connectivity index (χ1v) is 7.41. The Hall–Kier alpha value is -1.19. The summed E-state index contributed by atoms with van der Waals surface area (Å²) in [5, 5.41) is 0. The minimum absolute atomic E-state index is 0.0246. The molecule has 3 heteroatoms. The maximum atomic E-state index is 12.4. The molecule has 0 N–H and O–H groups in total. The Kier molecular flexibility index (Phi) is 4.95. The summed E-state index contributed by atoms with van der Waals surface area (Å²) >= 11 is 0. The van der Waals surface area contributed by atoms with Crippen molar-refractivity contribution in [2.75, 3.05) is 26.7 Å². The van der Waals surface area contributed by atoms with Gasteiger partial charge in [0.25, 0.3) is 0 Å². The molecule has 0 radical (unpaired) electrons. The van der Waals surface area contributed by atoms with E-state index in [1.807, 2.05) is 37.3 Å². The van der Waals surface area contributed by atoms with Crippen LogP contribution in [0.25, 0.3) is 0 Å². The molecule has 0 amide bonds. The van der Waals surface area contributed by atoms with Gasteiger partial charge in [-0.15, -0.1) is 0 Å². The Balaban J connectivity index is 1.94. The van der Waals surface area contributed by atoms with E-state index in [9.17, 15) is 4.79 Å². The van der Waals surface area contributed by atoms with Crippen LogP contribution < -0.4 is 0 Å². The van der Waals surface area contributed by atoms with Gasteiger partial charge in [0, 0.05) is 31.7 Å². The maximum absolute atomic E-state index is 12.4. The van der Waals surface area contributed by atoms with E-state index in [2.05, 4.69) is 11.8 Å². The molecule has 1 aliphatic heterocycles. The third-order valence-electron chi connectivity index (χ3n) is 4.27. The highest BCUT2D eigenvalue weighted by molar-refractivity contribution is 5.97. The van der Waals surface area contributed by atoms with E-state index in [0.717, 1.165) is 38.0 Å². The molecule has 1 aliphatic rings. The predicted molar refractivity (Wildman–Crippen MR) is 81.0 cm³/mol. The van der Waals surface area contributed by atoms with Gasteiger partial charge in [0.2, 0.25) is 0 Å². The molecule has 0 aromatic heterocycles. The van der Waals surface area contributed by atoms with E-state index in [1.54, 1.807) is 7.11 Å². The summed E-state index contributed by atoms with van der Waals surface area (Å²) in [6.45, 7) is 6.96. The van der Waals surface area contributed by atoms with Crippen molar-refractivity contribution < 1.29 is 9.53 Å². The van der Waals surface area contributed by atoms with Crippen molar-refractivity contribution in [2.24, 2.45) is 5.92 Å². The number of hydrogen-bond donors (Lipinski definition) is 0. The number of piperidine rings is 1. The van der Waals surface area contributed by atoms with E-state index >= 15 is 0 Å². The van der Waals surface area contributed by atoms with Gasteiger partial charge < -0.3 is 4.74 Å². The fourth-order valence-electron chi connectivity index (χ4n) is 2.99. The summed E-state index contributed by atoms with van der Waals surface area (Å²) < 4.78 is 5.61. The number of ether oxygens (including phenoxy) is 1. The van der Waals surface area contributed by atoms with E-state index in [1.165, 1.54) is 0 Å². The molecule has 110 valence electrons. The lowest BCUT2D eigenvalue weighted by atomic mass is 9.92. The van der Waals surface area contributed by atoms with Gasteiger partial charge in [-0.25, -0.2) is 0 Å². The molecular weight excluding hydrogens is 250 g/mol. The van der Waals surface area contributed by atoms with Gasteiger partial charge >= 0.3 is 0 Å². The maximum Gasteiger partial charge on any atom is 0.166 e. The Bertz CT molecular complexity index is 446. The molecular formula is C17H25NO2. The zero-order valence-electron chi connectivity index (χ0n) is 12.8.